The van der Waals surface area contributed by atoms with Gasteiger partial charge in [-0.25, -0.2) is 4.98 Å². The Kier molecular flexibility index (Phi) is 5.83. The SMILES string of the molecule is CC(CN1CCOCC1)NCc1ncc(-c2cccc(Br)c2)[nH]1. The molecular formula is C17H23BrN4O. The highest BCUT2D eigenvalue weighted by Gasteiger charge is 2.13. The first kappa shape index (κ1) is 16.6. The number of hydrogen-bond donors (Lipinski definition) is 2. The molecule has 1 saturated heterocycles. The molecule has 3 rings (SSSR count). The van der Waals surface area contributed by atoms with E-state index in [1.165, 1.54) is 0 Å². The lowest BCUT2D eigenvalue weighted by atomic mass is 10.2. The van der Waals surface area contributed by atoms with Crippen LogP contribution in [0, 0.1) is 0 Å². The zero-order valence-corrected chi connectivity index (χ0v) is 15.0. The average molecular weight is 379 g/mol. The summed E-state index contributed by atoms with van der Waals surface area (Å²) in [6, 6.07) is 8.65. The number of benzene rings is 1. The second-order valence-corrected chi connectivity index (χ2v) is 6.86. The highest BCUT2D eigenvalue weighted by Crippen LogP contribution is 2.21. The second kappa shape index (κ2) is 8.06. The van der Waals surface area contributed by atoms with Crippen molar-refractivity contribution in [3.8, 4) is 11.3 Å². The Balaban J connectivity index is 1.50. The van der Waals surface area contributed by atoms with Crippen molar-refractivity contribution in [2.75, 3.05) is 32.8 Å². The van der Waals surface area contributed by atoms with E-state index in [1.807, 2.05) is 18.3 Å². The molecule has 2 N–H and O–H groups in total. The maximum Gasteiger partial charge on any atom is 0.120 e. The highest BCUT2D eigenvalue weighted by molar-refractivity contribution is 9.10. The van der Waals surface area contributed by atoms with Crippen molar-refractivity contribution < 1.29 is 4.74 Å². The molecule has 0 radical (unpaired) electrons. The molecule has 0 amide bonds. The number of imidazole rings is 1. The van der Waals surface area contributed by atoms with Crippen LogP contribution < -0.4 is 5.32 Å². The minimum atomic E-state index is 0.424. The van der Waals surface area contributed by atoms with Crippen molar-refractivity contribution in [1.29, 1.82) is 0 Å². The molecule has 0 aliphatic carbocycles. The Morgan fingerprint density at radius 2 is 2.22 bits per heavy atom. The monoisotopic (exact) mass is 378 g/mol. The number of nitrogens with one attached hydrogen (secondary N) is 2. The van der Waals surface area contributed by atoms with Gasteiger partial charge < -0.3 is 15.0 Å². The normalized spacial score (nSPS) is 17.3. The summed E-state index contributed by atoms with van der Waals surface area (Å²) in [5.74, 6) is 0.966. The van der Waals surface area contributed by atoms with Crippen LogP contribution in [0.3, 0.4) is 0 Å². The zero-order chi connectivity index (χ0) is 16.1. The van der Waals surface area contributed by atoms with Crippen molar-refractivity contribution in [2.24, 2.45) is 0 Å². The lowest BCUT2D eigenvalue weighted by Gasteiger charge is -2.29. The van der Waals surface area contributed by atoms with Gasteiger partial charge in [-0.1, -0.05) is 28.1 Å². The van der Waals surface area contributed by atoms with E-state index in [2.05, 4.69) is 55.2 Å². The average Bonchev–Trinajstić information content (AvgIpc) is 3.03. The molecule has 1 unspecified atom stereocenters. The lowest BCUT2D eigenvalue weighted by Crippen LogP contribution is -2.44. The summed E-state index contributed by atoms with van der Waals surface area (Å²) in [5.41, 5.74) is 2.18. The van der Waals surface area contributed by atoms with Gasteiger partial charge in [0.2, 0.25) is 0 Å². The van der Waals surface area contributed by atoms with Crippen LogP contribution in [0.15, 0.2) is 34.9 Å². The number of H-pyrrole nitrogens is 1. The number of rotatable bonds is 6. The van der Waals surface area contributed by atoms with Gasteiger partial charge in [-0.2, -0.15) is 0 Å². The van der Waals surface area contributed by atoms with Gasteiger partial charge in [0.15, 0.2) is 0 Å². The van der Waals surface area contributed by atoms with E-state index >= 15 is 0 Å². The maximum atomic E-state index is 5.38. The third-order valence-electron chi connectivity index (χ3n) is 4.02. The number of ether oxygens (including phenoxy) is 1. The summed E-state index contributed by atoms with van der Waals surface area (Å²) in [7, 11) is 0. The van der Waals surface area contributed by atoms with Crippen molar-refractivity contribution >= 4 is 15.9 Å². The van der Waals surface area contributed by atoms with E-state index in [4.69, 9.17) is 4.74 Å². The molecule has 23 heavy (non-hydrogen) atoms. The Bertz CT molecular complexity index is 625. The molecule has 1 atom stereocenters. The first-order valence-corrected chi connectivity index (χ1v) is 8.83. The molecule has 2 aromatic rings. The predicted molar refractivity (Wildman–Crippen MR) is 95.3 cm³/mol. The molecule has 124 valence electrons. The molecule has 1 aromatic carbocycles. The molecule has 6 heteroatoms. The number of hydrogen-bond acceptors (Lipinski definition) is 4. The Morgan fingerprint density at radius 3 is 3.00 bits per heavy atom. The summed E-state index contributed by atoms with van der Waals surface area (Å²) >= 11 is 3.50. The van der Waals surface area contributed by atoms with Gasteiger partial charge in [0.25, 0.3) is 0 Å². The minimum absolute atomic E-state index is 0.424. The Labute approximate surface area is 145 Å². The summed E-state index contributed by atoms with van der Waals surface area (Å²) in [4.78, 5) is 10.3. The Hall–Kier alpha value is -1.21. The summed E-state index contributed by atoms with van der Waals surface area (Å²) < 4.78 is 6.46. The molecule has 0 bridgehead atoms. The Morgan fingerprint density at radius 1 is 1.39 bits per heavy atom. The van der Waals surface area contributed by atoms with E-state index in [1.54, 1.807) is 0 Å². The number of aromatic nitrogens is 2. The van der Waals surface area contributed by atoms with E-state index in [9.17, 15) is 0 Å². The quantitative estimate of drug-likeness (QED) is 0.811. The van der Waals surface area contributed by atoms with Crippen LogP contribution in [0.2, 0.25) is 0 Å². The third kappa shape index (κ3) is 4.88. The molecule has 0 spiro atoms. The third-order valence-corrected chi connectivity index (χ3v) is 4.51. The molecule has 1 aliphatic heterocycles. The fraction of sp³-hybridized carbons (Fsp3) is 0.471. The summed E-state index contributed by atoms with van der Waals surface area (Å²) in [5, 5.41) is 3.54. The van der Waals surface area contributed by atoms with E-state index in [-0.39, 0.29) is 0 Å². The lowest BCUT2D eigenvalue weighted by molar-refractivity contribution is 0.0343. The maximum absolute atomic E-state index is 5.38. The van der Waals surface area contributed by atoms with Gasteiger partial charge in [0.1, 0.15) is 5.82 Å². The molecule has 2 heterocycles. The van der Waals surface area contributed by atoms with Crippen molar-refractivity contribution in [1.82, 2.24) is 20.2 Å². The van der Waals surface area contributed by atoms with Gasteiger partial charge in [-0.05, 0) is 19.1 Å². The number of aromatic amines is 1. The first-order valence-electron chi connectivity index (χ1n) is 8.04. The standard InChI is InChI=1S/C17H23BrN4O/c1-13(12-22-5-7-23-8-6-22)19-11-17-20-10-16(21-17)14-3-2-4-15(18)9-14/h2-4,9-10,13,19H,5-8,11-12H2,1H3,(H,20,21). The smallest absolute Gasteiger partial charge is 0.120 e. The van der Waals surface area contributed by atoms with Crippen molar-refractivity contribution in [3.05, 3.63) is 40.8 Å². The second-order valence-electron chi connectivity index (χ2n) is 5.95. The van der Waals surface area contributed by atoms with E-state index in [0.717, 1.165) is 60.9 Å². The molecular weight excluding hydrogens is 356 g/mol. The predicted octanol–water partition coefficient (Wildman–Crippen LogP) is 2.65. The highest BCUT2D eigenvalue weighted by atomic mass is 79.9. The van der Waals surface area contributed by atoms with Crippen molar-refractivity contribution in [3.63, 3.8) is 0 Å². The van der Waals surface area contributed by atoms with Gasteiger partial charge >= 0.3 is 0 Å². The fourth-order valence-corrected chi connectivity index (χ4v) is 3.16. The minimum Gasteiger partial charge on any atom is -0.379 e. The fourth-order valence-electron chi connectivity index (χ4n) is 2.76. The van der Waals surface area contributed by atoms with Gasteiger partial charge in [-0.3, -0.25) is 4.90 Å². The number of nitrogens with zero attached hydrogens (tertiary/aromatic N) is 2. The molecule has 1 aliphatic rings. The number of halogens is 1. The van der Waals surface area contributed by atoms with Gasteiger partial charge in [0, 0.05) is 35.7 Å². The number of morpholine rings is 1. The van der Waals surface area contributed by atoms with Crippen LogP contribution in [0.5, 0.6) is 0 Å². The zero-order valence-electron chi connectivity index (χ0n) is 13.4. The van der Waals surface area contributed by atoms with Crippen LogP contribution in [-0.2, 0) is 11.3 Å². The van der Waals surface area contributed by atoms with E-state index in [0.29, 0.717) is 6.04 Å². The van der Waals surface area contributed by atoms with Crippen LogP contribution >= 0.6 is 15.9 Å². The first-order chi connectivity index (χ1) is 11.2. The van der Waals surface area contributed by atoms with Gasteiger partial charge in [0.05, 0.1) is 31.6 Å². The summed E-state index contributed by atoms with van der Waals surface area (Å²) in [6.07, 6.45) is 1.89. The topological polar surface area (TPSA) is 53.2 Å². The van der Waals surface area contributed by atoms with Crippen LogP contribution in [-0.4, -0.2) is 53.8 Å². The van der Waals surface area contributed by atoms with Crippen LogP contribution in [0.25, 0.3) is 11.3 Å². The molecule has 1 aromatic heterocycles. The van der Waals surface area contributed by atoms with Gasteiger partial charge in [-0.15, -0.1) is 0 Å². The molecule has 1 fully saturated rings. The van der Waals surface area contributed by atoms with Crippen LogP contribution in [0.4, 0.5) is 0 Å². The van der Waals surface area contributed by atoms with Crippen LogP contribution in [0.1, 0.15) is 12.7 Å². The summed E-state index contributed by atoms with van der Waals surface area (Å²) in [6.45, 7) is 7.76. The van der Waals surface area contributed by atoms with E-state index < -0.39 is 0 Å². The molecule has 5 nitrogen and oxygen atoms in total. The van der Waals surface area contributed by atoms with Crippen molar-refractivity contribution in [2.45, 2.75) is 19.5 Å². The largest absolute Gasteiger partial charge is 0.379 e. The molecule has 0 saturated carbocycles.